The molecule has 2 fully saturated rings. The molecule has 0 bridgehead atoms. The number of aryl methyl sites for hydroxylation is 2. The third-order valence-corrected chi connectivity index (χ3v) is 10.2. The number of alkyl halides is 3. The molecule has 1 saturated carbocycles. The molecule has 0 unspecified atom stereocenters. The van der Waals surface area contributed by atoms with E-state index in [4.69, 9.17) is 14.2 Å². The number of ether oxygens (including phenoxy) is 3. The predicted molar refractivity (Wildman–Crippen MR) is 170 cm³/mol. The fraction of sp³-hybridized carbons (Fsp3) is 0.568. The quantitative estimate of drug-likeness (QED) is 0.242. The van der Waals surface area contributed by atoms with Gasteiger partial charge in [0.05, 0.1) is 30.7 Å². The molecule has 0 spiro atoms. The van der Waals surface area contributed by atoms with Gasteiger partial charge in [-0.25, -0.2) is 4.79 Å². The molecule has 2 atom stereocenters. The SMILES string of the molecule is CCOC(=O)C1(CCc2ccc(OC)c(C3=C(CN4C(=O)O[C@H](c5cc(C)cc(C(F)(F)F)c5)[C@@H]4C)CC(C)(C)CC3)c2)CCC1. The van der Waals surface area contributed by atoms with Crippen molar-refractivity contribution >= 4 is 17.6 Å². The van der Waals surface area contributed by atoms with Crippen LogP contribution in [0.5, 0.6) is 5.75 Å². The van der Waals surface area contributed by atoms with Crippen molar-refractivity contribution < 1.29 is 37.0 Å². The number of esters is 1. The molecule has 0 radical (unpaired) electrons. The van der Waals surface area contributed by atoms with Crippen LogP contribution in [0.1, 0.15) is 107 Å². The van der Waals surface area contributed by atoms with Crippen LogP contribution < -0.4 is 4.74 Å². The third kappa shape index (κ3) is 6.93. The molecule has 0 aromatic heterocycles. The second-order valence-corrected chi connectivity index (χ2v) is 14.1. The summed E-state index contributed by atoms with van der Waals surface area (Å²) in [6.07, 6.45) is 0.856. The number of halogens is 3. The highest BCUT2D eigenvalue weighted by atomic mass is 19.4. The molecule has 1 heterocycles. The van der Waals surface area contributed by atoms with Crippen molar-refractivity contribution in [2.45, 2.75) is 104 Å². The number of carbonyl (C=O) groups is 2. The van der Waals surface area contributed by atoms with E-state index in [1.54, 1.807) is 25.0 Å². The van der Waals surface area contributed by atoms with E-state index in [1.807, 2.05) is 19.9 Å². The maximum absolute atomic E-state index is 13.6. The molecule has 0 N–H and O–H groups in total. The number of allylic oxidation sites excluding steroid dienone is 1. The van der Waals surface area contributed by atoms with Gasteiger partial charge in [0.1, 0.15) is 11.9 Å². The third-order valence-electron chi connectivity index (χ3n) is 10.2. The first kappa shape index (κ1) is 33.9. The zero-order valence-electron chi connectivity index (χ0n) is 27.8. The van der Waals surface area contributed by atoms with Crippen LogP contribution in [0.25, 0.3) is 5.57 Å². The van der Waals surface area contributed by atoms with Gasteiger partial charge < -0.3 is 14.2 Å². The Balaban J connectivity index is 1.44. The summed E-state index contributed by atoms with van der Waals surface area (Å²) in [4.78, 5) is 27.7. The number of benzene rings is 2. The summed E-state index contributed by atoms with van der Waals surface area (Å²) in [7, 11) is 1.65. The average Bonchev–Trinajstić information content (AvgIpc) is 3.24. The Kier molecular flexibility index (Phi) is 9.54. The fourth-order valence-corrected chi connectivity index (χ4v) is 7.37. The van der Waals surface area contributed by atoms with Gasteiger partial charge in [-0.15, -0.1) is 0 Å². The van der Waals surface area contributed by atoms with E-state index in [0.29, 0.717) is 24.3 Å². The summed E-state index contributed by atoms with van der Waals surface area (Å²) in [5, 5.41) is 0. The zero-order chi connectivity index (χ0) is 33.4. The van der Waals surface area contributed by atoms with Crippen LogP contribution in [0.15, 0.2) is 42.0 Å². The largest absolute Gasteiger partial charge is 0.496 e. The Hall–Kier alpha value is -3.49. The van der Waals surface area contributed by atoms with Crippen molar-refractivity contribution in [3.63, 3.8) is 0 Å². The molecule has 46 heavy (non-hydrogen) atoms. The molecule has 2 aliphatic carbocycles. The summed E-state index contributed by atoms with van der Waals surface area (Å²) in [5.74, 6) is 0.647. The van der Waals surface area contributed by atoms with Gasteiger partial charge in [0, 0.05) is 12.1 Å². The number of amides is 1. The number of hydrogen-bond donors (Lipinski definition) is 0. The second-order valence-electron chi connectivity index (χ2n) is 14.1. The number of cyclic esters (lactones) is 1. The number of methoxy groups -OCH3 is 1. The van der Waals surface area contributed by atoms with E-state index < -0.39 is 35.4 Å². The summed E-state index contributed by atoms with van der Waals surface area (Å²) >= 11 is 0. The smallest absolute Gasteiger partial charge is 0.416 e. The minimum atomic E-state index is -4.50. The standard InChI is InChI=1S/C37H46F3NO5/c1-7-45-33(42)36(13-8-14-36)16-11-25-9-10-31(44-6)30(19-25)29-12-15-35(4,5)21-27(29)22-41-24(3)32(46-34(41)43)26-17-23(2)18-28(20-26)37(38,39)40/h9-10,17-20,24,32H,7-8,11-16,21-22H2,1-6H3/t24-,32-/m0/s1. The van der Waals surface area contributed by atoms with Crippen LogP contribution >= 0.6 is 0 Å². The van der Waals surface area contributed by atoms with Crippen LogP contribution in [-0.2, 0) is 26.9 Å². The summed E-state index contributed by atoms with van der Waals surface area (Å²) in [6, 6.07) is 9.57. The molecule has 2 aromatic rings. The molecule has 9 heteroatoms. The molecule has 2 aromatic carbocycles. The van der Waals surface area contributed by atoms with Crippen LogP contribution in [0.2, 0.25) is 0 Å². The highest BCUT2D eigenvalue weighted by molar-refractivity contribution is 5.78. The fourth-order valence-electron chi connectivity index (χ4n) is 7.37. The first-order valence-electron chi connectivity index (χ1n) is 16.4. The van der Waals surface area contributed by atoms with Crippen LogP contribution in [-0.4, -0.2) is 43.3 Å². The van der Waals surface area contributed by atoms with Crippen molar-refractivity contribution in [1.29, 1.82) is 0 Å². The molecule has 1 amide bonds. The Morgan fingerprint density at radius 1 is 1.11 bits per heavy atom. The predicted octanol–water partition coefficient (Wildman–Crippen LogP) is 9.23. The van der Waals surface area contributed by atoms with Gasteiger partial charge in [-0.2, -0.15) is 13.2 Å². The molecule has 3 aliphatic rings. The first-order chi connectivity index (χ1) is 21.7. The van der Waals surface area contributed by atoms with Crippen LogP contribution in [0, 0.1) is 17.8 Å². The maximum atomic E-state index is 13.6. The van der Waals surface area contributed by atoms with E-state index in [0.717, 1.165) is 91.5 Å². The van der Waals surface area contributed by atoms with Gasteiger partial charge >= 0.3 is 18.2 Å². The van der Waals surface area contributed by atoms with E-state index in [2.05, 4.69) is 26.0 Å². The Labute approximate surface area is 270 Å². The van der Waals surface area contributed by atoms with Crippen molar-refractivity contribution in [1.82, 2.24) is 4.90 Å². The average molecular weight is 642 g/mol. The van der Waals surface area contributed by atoms with E-state index in [-0.39, 0.29) is 11.4 Å². The minimum absolute atomic E-state index is 0.00431. The molecule has 1 aliphatic heterocycles. The number of nitrogens with zero attached hydrogens (tertiary/aromatic N) is 1. The molecule has 6 nitrogen and oxygen atoms in total. The molecular formula is C37H46F3NO5. The lowest BCUT2D eigenvalue weighted by molar-refractivity contribution is -0.161. The Bertz CT molecular complexity index is 1510. The lowest BCUT2D eigenvalue weighted by atomic mass is 9.65. The van der Waals surface area contributed by atoms with Gasteiger partial charge in [-0.05, 0) is 118 Å². The highest BCUT2D eigenvalue weighted by Gasteiger charge is 2.45. The van der Waals surface area contributed by atoms with Gasteiger partial charge in [0.25, 0.3) is 0 Å². The Morgan fingerprint density at radius 3 is 2.48 bits per heavy atom. The van der Waals surface area contributed by atoms with Crippen LogP contribution in [0.4, 0.5) is 18.0 Å². The van der Waals surface area contributed by atoms with Gasteiger partial charge in [-0.3, -0.25) is 9.69 Å². The minimum Gasteiger partial charge on any atom is -0.496 e. The van der Waals surface area contributed by atoms with E-state index >= 15 is 0 Å². The van der Waals surface area contributed by atoms with E-state index in [1.165, 1.54) is 0 Å². The van der Waals surface area contributed by atoms with Crippen molar-refractivity contribution in [2.75, 3.05) is 20.3 Å². The molecule has 250 valence electrons. The van der Waals surface area contributed by atoms with E-state index in [9.17, 15) is 22.8 Å². The highest BCUT2D eigenvalue weighted by Crippen LogP contribution is 2.48. The lowest BCUT2D eigenvalue weighted by Crippen LogP contribution is -2.39. The van der Waals surface area contributed by atoms with Gasteiger partial charge in [-0.1, -0.05) is 38.0 Å². The number of carbonyl (C=O) groups excluding carboxylic acids is 2. The summed E-state index contributed by atoms with van der Waals surface area (Å²) in [6.45, 7) is 10.4. The number of rotatable bonds is 10. The van der Waals surface area contributed by atoms with Crippen LogP contribution in [0.3, 0.4) is 0 Å². The van der Waals surface area contributed by atoms with Gasteiger partial charge in [0.15, 0.2) is 0 Å². The zero-order valence-corrected chi connectivity index (χ0v) is 27.8. The second kappa shape index (κ2) is 13.0. The Morgan fingerprint density at radius 2 is 1.85 bits per heavy atom. The topological polar surface area (TPSA) is 65.1 Å². The van der Waals surface area contributed by atoms with Crippen molar-refractivity contribution in [3.05, 3.63) is 69.8 Å². The first-order valence-corrected chi connectivity index (χ1v) is 16.4. The summed E-state index contributed by atoms with van der Waals surface area (Å²) in [5.41, 5.74) is 3.96. The molecular weight excluding hydrogens is 595 g/mol. The van der Waals surface area contributed by atoms with Crippen molar-refractivity contribution in [2.24, 2.45) is 10.8 Å². The lowest BCUT2D eigenvalue weighted by Gasteiger charge is -2.39. The monoisotopic (exact) mass is 641 g/mol. The maximum Gasteiger partial charge on any atom is 0.416 e. The van der Waals surface area contributed by atoms with Crippen molar-refractivity contribution in [3.8, 4) is 5.75 Å². The summed E-state index contributed by atoms with van der Waals surface area (Å²) < 4.78 is 57.8. The molecule has 1 saturated heterocycles. The number of hydrogen-bond acceptors (Lipinski definition) is 5. The molecule has 5 rings (SSSR count). The van der Waals surface area contributed by atoms with Gasteiger partial charge in [0.2, 0.25) is 0 Å². The normalized spacial score (nSPS) is 22.4.